The minimum atomic E-state index is -3.69. The molecule has 2 aromatic heterocycles. The zero-order valence-corrected chi connectivity index (χ0v) is 17.3. The average molecular weight is 416 g/mol. The van der Waals surface area contributed by atoms with Crippen LogP contribution in [-0.4, -0.2) is 39.5 Å². The molecule has 0 atom stereocenters. The predicted octanol–water partition coefficient (Wildman–Crippen LogP) is 2.26. The normalized spacial score (nSPS) is 22.8. The molecule has 8 nitrogen and oxygen atoms in total. The molecule has 0 aliphatic heterocycles. The number of hydrogen-bond acceptors (Lipinski definition) is 6. The number of anilines is 1. The van der Waals surface area contributed by atoms with Crippen LogP contribution >= 0.6 is 0 Å². The van der Waals surface area contributed by atoms with Crippen molar-refractivity contribution in [3.8, 4) is 11.3 Å². The van der Waals surface area contributed by atoms with E-state index in [0.29, 0.717) is 37.1 Å². The van der Waals surface area contributed by atoms with Crippen LogP contribution in [-0.2, 0) is 10.0 Å². The van der Waals surface area contributed by atoms with Gasteiger partial charge < -0.3 is 10.8 Å². The Hall–Kier alpha value is -2.49. The molecule has 4 rings (SSSR count). The van der Waals surface area contributed by atoms with Crippen LogP contribution in [0.15, 0.2) is 41.7 Å². The van der Waals surface area contributed by atoms with Gasteiger partial charge in [0.2, 0.25) is 10.0 Å². The van der Waals surface area contributed by atoms with Crippen LogP contribution < -0.4 is 10.5 Å². The van der Waals surface area contributed by atoms with Crippen molar-refractivity contribution in [3.05, 3.63) is 42.4 Å². The summed E-state index contributed by atoms with van der Waals surface area (Å²) in [6.07, 6.45) is 7.40. The standard InChI is InChI=1S/C20H25N5O3S/c1-13-3-4-15(29(27,28)24-14-5-7-20(2,26)8-6-14)11-16(13)17-12-23-19-18(21)22-9-10-25(17)19/h3-4,9-12,14,24,26H,5-8H2,1-2H3,(H2,21,22). The topological polar surface area (TPSA) is 123 Å². The third-order valence-corrected chi connectivity index (χ3v) is 7.15. The van der Waals surface area contributed by atoms with Crippen molar-refractivity contribution in [2.24, 2.45) is 0 Å². The third-order valence-electron chi connectivity index (χ3n) is 5.64. The lowest BCUT2D eigenvalue weighted by atomic mass is 9.84. The van der Waals surface area contributed by atoms with Crippen molar-refractivity contribution >= 4 is 21.5 Å². The Bertz CT molecular complexity index is 1160. The summed E-state index contributed by atoms with van der Waals surface area (Å²) in [4.78, 5) is 8.56. The highest BCUT2D eigenvalue weighted by Gasteiger charge is 2.31. The minimum absolute atomic E-state index is 0.174. The van der Waals surface area contributed by atoms with Gasteiger partial charge in [0.15, 0.2) is 11.5 Å². The first-order valence-corrected chi connectivity index (χ1v) is 11.1. The first-order chi connectivity index (χ1) is 13.7. The number of aromatic nitrogens is 3. The molecule has 0 radical (unpaired) electrons. The van der Waals surface area contributed by atoms with Gasteiger partial charge in [-0.3, -0.25) is 4.40 Å². The van der Waals surface area contributed by atoms with Crippen molar-refractivity contribution < 1.29 is 13.5 Å². The summed E-state index contributed by atoms with van der Waals surface area (Å²) >= 11 is 0. The summed E-state index contributed by atoms with van der Waals surface area (Å²) in [6.45, 7) is 3.72. The van der Waals surface area contributed by atoms with E-state index in [1.54, 1.807) is 48.1 Å². The molecule has 0 spiro atoms. The molecule has 0 bridgehead atoms. The fraction of sp³-hybridized carbons (Fsp3) is 0.400. The number of nitrogen functional groups attached to an aromatic ring is 1. The van der Waals surface area contributed by atoms with Gasteiger partial charge in [-0.05, 0) is 57.2 Å². The lowest BCUT2D eigenvalue weighted by Gasteiger charge is -2.33. The first-order valence-electron chi connectivity index (χ1n) is 9.60. The second-order valence-corrected chi connectivity index (χ2v) is 9.73. The van der Waals surface area contributed by atoms with E-state index in [4.69, 9.17) is 5.73 Å². The summed E-state index contributed by atoms with van der Waals surface area (Å²) in [5, 5.41) is 10.1. The number of aryl methyl sites for hydroxylation is 1. The molecule has 1 fully saturated rings. The number of sulfonamides is 1. The maximum atomic E-state index is 13.0. The quantitative estimate of drug-likeness (QED) is 0.601. The summed E-state index contributed by atoms with van der Waals surface area (Å²) in [6, 6.07) is 4.89. The number of hydrogen-bond donors (Lipinski definition) is 3. The van der Waals surface area contributed by atoms with E-state index < -0.39 is 15.6 Å². The van der Waals surface area contributed by atoms with E-state index in [0.717, 1.165) is 16.8 Å². The van der Waals surface area contributed by atoms with E-state index in [9.17, 15) is 13.5 Å². The van der Waals surface area contributed by atoms with E-state index in [1.165, 1.54) is 0 Å². The number of fused-ring (bicyclic) bond motifs is 1. The number of nitrogens with two attached hydrogens (primary N) is 1. The number of aliphatic hydroxyl groups is 1. The number of imidazole rings is 1. The van der Waals surface area contributed by atoms with Crippen molar-refractivity contribution in [2.75, 3.05) is 5.73 Å². The van der Waals surface area contributed by atoms with Gasteiger partial charge in [-0.2, -0.15) is 0 Å². The Labute approximate surface area is 169 Å². The van der Waals surface area contributed by atoms with E-state index in [1.807, 2.05) is 6.92 Å². The van der Waals surface area contributed by atoms with Crippen LogP contribution in [0.5, 0.6) is 0 Å². The Morgan fingerprint density at radius 2 is 2.00 bits per heavy atom. The van der Waals surface area contributed by atoms with Gasteiger partial charge >= 0.3 is 0 Å². The third kappa shape index (κ3) is 3.85. The summed E-state index contributed by atoms with van der Waals surface area (Å²) in [5.41, 5.74) is 8.15. The molecule has 154 valence electrons. The molecule has 1 aliphatic rings. The monoisotopic (exact) mass is 415 g/mol. The zero-order valence-electron chi connectivity index (χ0n) is 16.5. The molecule has 4 N–H and O–H groups in total. The van der Waals surface area contributed by atoms with Gasteiger partial charge in [0.25, 0.3) is 0 Å². The van der Waals surface area contributed by atoms with Gasteiger partial charge in [-0.1, -0.05) is 6.07 Å². The van der Waals surface area contributed by atoms with Crippen molar-refractivity contribution in [3.63, 3.8) is 0 Å². The SMILES string of the molecule is Cc1ccc(S(=O)(=O)NC2CCC(C)(O)CC2)cc1-c1cnc2c(N)nccn12. The Morgan fingerprint density at radius 3 is 2.72 bits per heavy atom. The summed E-state index contributed by atoms with van der Waals surface area (Å²) in [5.74, 6) is 0.315. The van der Waals surface area contributed by atoms with Crippen LogP contribution in [0.3, 0.4) is 0 Å². The number of nitrogens with one attached hydrogen (secondary N) is 1. The van der Waals surface area contributed by atoms with E-state index in [-0.39, 0.29) is 10.9 Å². The predicted molar refractivity (Wildman–Crippen MR) is 111 cm³/mol. The van der Waals surface area contributed by atoms with Crippen LogP contribution in [0.25, 0.3) is 16.9 Å². The van der Waals surface area contributed by atoms with Gasteiger partial charge in [-0.15, -0.1) is 0 Å². The maximum Gasteiger partial charge on any atom is 0.240 e. The van der Waals surface area contributed by atoms with Gasteiger partial charge in [0.05, 0.1) is 22.4 Å². The zero-order chi connectivity index (χ0) is 20.8. The Balaban J connectivity index is 1.67. The molecule has 3 aromatic rings. The molecule has 1 aromatic carbocycles. The molecule has 1 aliphatic carbocycles. The number of nitrogens with zero attached hydrogens (tertiary/aromatic N) is 3. The summed E-state index contributed by atoms with van der Waals surface area (Å²) in [7, 11) is -3.69. The smallest absolute Gasteiger partial charge is 0.240 e. The van der Waals surface area contributed by atoms with E-state index in [2.05, 4.69) is 14.7 Å². The molecule has 9 heteroatoms. The van der Waals surface area contributed by atoms with E-state index >= 15 is 0 Å². The molecule has 0 unspecified atom stereocenters. The second kappa shape index (κ2) is 7.08. The van der Waals surface area contributed by atoms with Gasteiger partial charge in [0, 0.05) is 24.0 Å². The number of benzene rings is 1. The van der Waals surface area contributed by atoms with Crippen molar-refractivity contribution in [2.45, 2.75) is 56.1 Å². The minimum Gasteiger partial charge on any atom is -0.390 e. The highest BCUT2D eigenvalue weighted by atomic mass is 32.2. The molecule has 0 saturated heterocycles. The fourth-order valence-electron chi connectivity index (χ4n) is 3.83. The molecular formula is C20H25N5O3S. The second-order valence-electron chi connectivity index (χ2n) is 8.02. The van der Waals surface area contributed by atoms with Gasteiger partial charge in [0.1, 0.15) is 0 Å². The van der Waals surface area contributed by atoms with Gasteiger partial charge in [-0.25, -0.2) is 23.1 Å². The first kappa shape index (κ1) is 19.8. The maximum absolute atomic E-state index is 13.0. The van der Waals surface area contributed by atoms with Crippen LogP contribution in [0, 0.1) is 6.92 Å². The van der Waals surface area contributed by atoms with Crippen LogP contribution in [0.1, 0.15) is 38.2 Å². The van der Waals surface area contributed by atoms with Crippen LogP contribution in [0.2, 0.25) is 0 Å². The Kier molecular flexibility index (Phi) is 4.84. The van der Waals surface area contributed by atoms with Crippen molar-refractivity contribution in [1.29, 1.82) is 0 Å². The molecule has 29 heavy (non-hydrogen) atoms. The lowest BCUT2D eigenvalue weighted by Crippen LogP contribution is -2.42. The Morgan fingerprint density at radius 1 is 1.28 bits per heavy atom. The molecule has 0 amide bonds. The molecule has 2 heterocycles. The highest BCUT2D eigenvalue weighted by molar-refractivity contribution is 7.89. The molecular weight excluding hydrogens is 390 g/mol. The molecule has 1 saturated carbocycles. The lowest BCUT2D eigenvalue weighted by molar-refractivity contribution is 0.0163. The number of rotatable bonds is 4. The average Bonchev–Trinajstić information content (AvgIpc) is 3.09. The van der Waals surface area contributed by atoms with Crippen LogP contribution in [0.4, 0.5) is 5.82 Å². The highest BCUT2D eigenvalue weighted by Crippen LogP contribution is 2.30. The fourth-order valence-corrected chi connectivity index (χ4v) is 5.16. The largest absolute Gasteiger partial charge is 0.390 e. The van der Waals surface area contributed by atoms with Crippen molar-refractivity contribution in [1.82, 2.24) is 19.1 Å². The summed E-state index contributed by atoms with van der Waals surface area (Å²) < 4.78 is 30.6.